The zero-order valence-corrected chi connectivity index (χ0v) is 15.8. The average molecular weight is 388 g/mol. The molecule has 8 nitrogen and oxygen atoms in total. The van der Waals surface area contributed by atoms with Crippen molar-refractivity contribution in [3.8, 4) is 0 Å². The van der Waals surface area contributed by atoms with E-state index in [1.807, 2.05) is 24.3 Å². The number of benzene rings is 1. The number of hydrogen-bond acceptors (Lipinski definition) is 6. The van der Waals surface area contributed by atoms with E-state index in [1.165, 1.54) is 0 Å². The van der Waals surface area contributed by atoms with E-state index in [1.54, 1.807) is 11.8 Å². The van der Waals surface area contributed by atoms with Crippen LogP contribution in [0.4, 0.5) is 5.69 Å². The Kier molecular flexibility index (Phi) is 6.06. The maximum atomic E-state index is 12.5. The molecule has 0 unspecified atom stereocenters. The molecule has 1 saturated carbocycles. The molecule has 1 heterocycles. The molecule has 150 valence electrons. The van der Waals surface area contributed by atoms with Gasteiger partial charge in [-0.05, 0) is 30.4 Å². The molecule has 1 aromatic carbocycles. The Morgan fingerprint density at radius 3 is 2.82 bits per heavy atom. The number of esters is 1. The number of rotatable bonds is 6. The molecule has 0 bridgehead atoms. The highest BCUT2D eigenvalue weighted by atomic mass is 16.6. The van der Waals surface area contributed by atoms with Gasteiger partial charge < -0.3 is 9.64 Å². The Hall–Kier alpha value is -2.77. The fourth-order valence-corrected chi connectivity index (χ4v) is 4.25. The van der Waals surface area contributed by atoms with Crippen LogP contribution < -0.4 is 4.90 Å². The van der Waals surface area contributed by atoms with Crippen LogP contribution in [0, 0.1) is 27.9 Å². The van der Waals surface area contributed by atoms with Crippen LogP contribution in [0.5, 0.6) is 0 Å². The van der Waals surface area contributed by atoms with Crippen LogP contribution >= 0.6 is 0 Å². The molecule has 1 aliphatic heterocycles. The van der Waals surface area contributed by atoms with E-state index in [0.717, 1.165) is 24.1 Å². The van der Waals surface area contributed by atoms with Crippen LogP contribution in [0.1, 0.15) is 31.7 Å². The lowest BCUT2D eigenvalue weighted by Crippen LogP contribution is -2.38. The van der Waals surface area contributed by atoms with Gasteiger partial charge in [-0.15, -0.1) is 0 Å². The molecule has 3 rings (SSSR count). The Morgan fingerprint density at radius 1 is 1.32 bits per heavy atom. The molecule has 0 saturated heterocycles. The second-order valence-corrected chi connectivity index (χ2v) is 7.58. The second kappa shape index (κ2) is 8.50. The minimum absolute atomic E-state index is 0.137. The Balaban J connectivity index is 1.56. The molecule has 1 fully saturated rings. The fraction of sp³-hybridized carbons (Fsp3) is 0.550. The third-order valence-electron chi connectivity index (χ3n) is 5.70. The standard InChI is InChI=1S/C20H24N2O6/c1-13-9-18(23)15(16(13)11-22(26)27)10-20(25)28-12-19(24)21-8-4-6-14-5-2-3-7-17(14)21/h2-3,5,7,13,15-16H,4,6,8-12H2,1H3/t13-,15+,16+/m0/s1. The first-order chi connectivity index (χ1) is 13.4. The molecule has 0 radical (unpaired) electrons. The van der Waals surface area contributed by atoms with Gasteiger partial charge in [0.15, 0.2) is 6.61 Å². The van der Waals surface area contributed by atoms with Crippen LogP contribution in [0.15, 0.2) is 24.3 Å². The molecule has 1 aromatic rings. The molecule has 28 heavy (non-hydrogen) atoms. The summed E-state index contributed by atoms with van der Waals surface area (Å²) in [5.74, 6) is -2.44. The maximum absolute atomic E-state index is 12.5. The van der Waals surface area contributed by atoms with Gasteiger partial charge in [0, 0.05) is 35.4 Å². The predicted molar refractivity (Wildman–Crippen MR) is 100 cm³/mol. The van der Waals surface area contributed by atoms with Gasteiger partial charge in [0.25, 0.3) is 5.91 Å². The van der Waals surface area contributed by atoms with Gasteiger partial charge in [-0.3, -0.25) is 24.5 Å². The number of ether oxygens (including phenoxy) is 1. The number of carbonyl (C=O) groups is 3. The SMILES string of the molecule is C[C@H]1CC(=O)[C@H](CC(=O)OCC(=O)N2CCCc3ccccc32)[C@@H]1C[N+](=O)[O-]. The molecule has 1 amide bonds. The van der Waals surface area contributed by atoms with Crippen LogP contribution in [0.25, 0.3) is 0 Å². The summed E-state index contributed by atoms with van der Waals surface area (Å²) in [6, 6.07) is 7.63. The monoisotopic (exact) mass is 388 g/mol. The number of carbonyl (C=O) groups excluding carboxylic acids is 3. The first-order valence-corrected chi connectivity index (χ1v) is 9.55. The van der Waals surface area contributed by atoms with Crippen molar-refractivity contribution in [2.24, 2.45) is 17.8 Å². The lowest BCUT2D eigenvalue weighted by molar-refractivity contribution is -0.490. The van der Waals surface area contributed by atoms with Gasteiger partial charge in [-0.2, -0.15) is 0 Å². The number of nitrogens with zero attached hydrogens (tertiary/aromatic N) is 2. The smallest absolute Gasteiger partial charge is 0.307 e. The topological polar surface area (TPSA) is 107 Å². The van der Waals surface area contributed by atoms with Crippen LogP contribution in [-0.4, -0.2) is 42.3 Å². The molecule has 1 aliphatic carbocycles. The van der Waals surface area contributed by atoms with E-state index in [9.17, 15) is 24.5 Å². The Labute approximate surface area is 163 Å². The summed E-state index contributed by atoms with van der Waals surface area (Å²) >= 11 is 0. The van der Waals surface area contributed by atoms with E-state index in [2.05, 4.69) is 0 Å². The van der Waals surface area contributed by atoms with Gasteiger partial charge in [-0.1, -0.05) is 25.1 Å². The maximum Gasteiger partial charge on any atom is 0.307 e. The number of aryl methyl sites for hydroxylation is 1. The van der Waals surface area contributed by atoms with Gasteiger partial charge in [0.1, 0.15) is 5.78 Å². The Bertz CT molecular complexity index is 793. The zero-order valence-electron chi connectivity index (χ0n) is 15.8. The lowest BCUT2D eigenvalue weighted by Gasteiger charge is -2.29. The van der Waals surface area contributed by atoms with E-state index in [0.29, 0.717) is 6.54 Å². The minimum atomic E-state index is -0.710. The van der Waals surface area contributed by atoms with E-state index in [-0.39, 0.29) is 37.0 Å². The van der Waals surface area contributed by atoms with Crippen molar-refractivity contribution in [1.29, 1.82) is 0 Å². The van der Waals surface area contributed by atoms with Crippen molar-refractivity contribution in [2.75, 3.05) is 24.6 Å². The summed E-state index contributed by atoms with van der Waals surface area (Å²) in [4.78, 5) is 48.9. The predicted octanol–water partition coefficient (Wildman–Crippen LogP) is 2.02. The van der Waals surface area contributed by atoms with Crippen LogP contribution in [0.2, 0.25) is 0 Å². The number of Topliss-reactive ketones (excluding diaryl/α,β-unsaturated/α-hetero) is 1. The van der Waals surface area contributed by atoms with E-state index >= 15 is 0 Å². The molecular weight excluding hydrogens is 364 g/mol. The van der Waals surface area contributed by atoms with Crippen molar-refractivity contribution >= 4 is 23.3 Å². The van der Waals surface area contributed by atoms with Gasteiger partial charge in [0.05, 0.1) is 6.42 Å². The number of hydrogen-bond donors (Lipinski definition) is 0. The number of fused-ring (bicyclic) bond motifs is 1. The van der Waals surface area contributed by atoms with Crippen molar-refractivity contribution in [3.05, 3.63) is 39.9 Å². The third kappa shape index (κ3) is 4.37. The second-order valence-electron chi connectivity index (χ2n) is 7.58. The molecule has 2 aliphatic rings. The number of amides is 1. The fourth-order valence-electron chi connectivity index (χ4n) is 4.25. The third-order valence-corrected chi connectivity index (χ3v) is 5.70. The zero-order chi connectivity index (χ0) is 20.3. The number of anilines is 1. The normalized spacial score (nSPS) is 24.0. The largest absolute Gasteiger partial charge is 0.456 e. The van der Waals surface area contributed by atoms with Gasteiger partial charge in [0.2, 0.25) is 6.54 Å². The van der Waals surface area contributed by atoms with Gasteiger partial charge >= 0.3 is 5.97 Å². The summed E-state index contributed by atoms with van der Waals surface area (Å²) < 4.78 is 5.12. The van der Waals surface area contributed by atoms with Crippen LogP contribution in [0.3, 0.4) is 0 Å². The number of ketones is 1. The minimum Gasteiger partial charge on any atom is -0.456 e. The summed E-state index contributed by atoms with van der Waals surface area (Å²) in [6.07, 6.45) is 1.76. The molecule has 0 aromatic heterocycles. The number of para-hydroxylation sites is 1. The highest BCUT2D eigenvalue weighted by molar-refractivity contribution is 5.96. The summed E-state index contributed by atoms with van der Waals surface area (Å²) in [5.41, 5.74) is 1.92. The molecular formula is C20H24N2O6. The van der Waals surface area contributed by atoms with Crippen molar-refractivity contribution in [2.45, 2.75) is 32.6 Å². The van der Waals surface area contributed by atoms with Crippen LogP contribution in [-0.2, 0) is 25.5 Å². The first-order valence-electron chi connectivity index (χ1n) is 9.55. The summed E-state index contributed by atoms with van der Waals surface area (Å²) in [6.45, 7) is 1.61. The molecule has 0 N–H and O–H groups in total. The molecule has 3 atom stereocenters. The van der Waals surface area contributed by atoms with Crippen molar-refractivity contribution in [1.82, 2.24) is 0 Å². The molecule has 8 heteroatoms. The summed E-state index contributed by atoms with van der Waals surface area (Å²) in [5, 5.41) is 10.9. The average Bonchev–Trinajstić information content (AvgIpc) is 2.92. The quantitative estimate of drug-likeness (QED) is 0.419. The van der Waals surface area contributed by atoms with Crippen molar-refractivity contribution < 1.29 is 24.0 Å². The highest BCUT2D eigenvalue weighted by Crippen LogP contribution is 2.36. The molecule has 0 spiro atoms. The van der Waals surface area contributed by atoms with Crippen molar-refractivity contribution in [3.63, 3.8) is 0 Å². The summed E-state index contributed by atoms with van der Waals surface area (Å²) in [7, 11) is 0. The highest BCUT2D eigenvalue weighted by Gasteiger charge is 2.44. The Morgan fingerprint density at radius 2 is 2.07 bits per heavy atom. The van der Waals surface area contributed by atoms with Gasteiger partial charge in [-0.25, -0.2) is 0 Å². The lowest BCUT2D eigenvalue weighted by atomic mass is 9.88. The van der Waals surface area contributed by atoms with E-state index in [4.69, 9.17) is 4.74 Å². The van der Waals surface area contributed by atoms with E-state index < -0.39 is 29.3 Å². The number of nitro groups is 1. The first kappa shape index (κ1) is 20.0.